The van der Waals surface area contributed by atoms with Crippen LogP contribution in [0.3, 0.4) is 0 Å². The lowest BCUT2D eigenvalue weighted by Gasteiger charge is -2.06. The number of aromatic nitrogens is 1. The van der Waals surface area contributed by atoms with Crippen LogP contribution in [-0.4, -0.2) is 9.19 Å². The van der Waals surface area contributed by atoms with Crippen molar-refractivity contribution >= 4 is 22.1 Å². The Morgan fingerprint density at radius 2 is 1.44 bits per heavy atom. The molecule has 0 fully saturated rings. The summed E-state index contributed by atoms with van der Waals surface area (Å²) in [5.74, 6) is 0. The predicted molar refractivity (Wildman–Crippen MR) is 104 cm³/mol. The Morgan fingerprint density at radius 3 is 2.16 bits per heavy atom. The minimum atomic E-state index is -1.15. The van der Waals surface area contributed by atoms with Gasteiger partial charge in [-0.25, -0.2) is 9.19 Å². The third-order valence-electron chi connectivity index (χ3n) is 3.90. The van der Waals surface area contributed by atoms with Crippen molar-refractivity contribution in [2.75, 3.05) is 0 Å². The van der Waals surface area contributed by atoms with E-state index in [9.17, 15) is 4.21 Å². The summed E-state index contributed by atoms with van der Waals surface area (Å²) < 4.78 is 12.6. The molecule has 0 saturated heterocycles. The van der Waals surface area contributed by atoms with Gasteiger partial charge in [0.05, 0.1) is 10.8 Å². The van der Waals surface area contributed by atoms with E-state index >= 15 is 0 Å². The SMILES string of the molecule is O=S(c1ccccc1)c1ccc(-c2cccc(-c3nccs3)c2)cc1. The Kier molecular flexibility index (Phi) is 4.55. The fraction of sp³-hybridized carbons (Fsp3) is 0. The summed E-state index contributed by atoms with van der Waals surface area (Å²) in [5.41, 5.74) is 3.35. The first-order valence-electron chi connectivity index (χ1n) is 7.88. The van der Waals surface area contributed by atoms with Crippen LogP contribution in [0.5, 0.6) is 0 Å². The second-order valence-corrected chi connectivity index (χ2v) is 7.90. The topological polar surface area (TPSA) is 30.0 Å². The molecule has 0 radical (unpaired) electrons. The normalized spacial score (nSPS) is 12.0. The van der Waals surface area contributed by atoms with E-state index in [1.807, 2.05) is 72.2 Å². The largest absolute Gasteiger partial charge is 0.249 e. The molecule has 4 heteroatoms. The maximum Gasteiger partial charge on any atom is 0.123 e. The summed E-state index contributed by atoms with van der Waals surface area (Å²) >= 11 is 1.63. The van der Waals surface area contributed by atoms with Crippen molar-refractivity contribution in [3.63, 3.8) is 0 Å². The number of benzene rings is 3. The van der Waals surface area contributed by atoms with E-state index in [1.54, 1.807) is 11.3 Å². The lowest BCUT2D eigenvalue weighted by Crippen LogP contribution is -1.92. The van der Waals surface area contributed by atoms with Gasteiger partial charge in [0.15, 0.2) is 0 Å². The monoisotopic (exact) mass is 361 g/mol. The number of nitrogens with zero attached hydrogens (tertiary/aromatic N) is 1. The van der Waals surface area contributed by atoms with Crippen molar-refractivity contribution in [2.24, 2.45) is 0 Å². The van der Waals surface area contributed by atoms with Crippen LogP contribution in [0.15, 0.2) is 100 Å². The van der Waals surface area contributed by atoms with Gasteiger partial charge in [-0.2, -0.15) is 0 Å². The van der Waals surface area contributed by atoms with Crippen LogP contribution in [0.4, 0.5) is 0 Å². The highest BCUT2D eigenvalue weighted by Crippen LogP contribution is 2.28. The molecular formula is C21H15NOS2. The van der Waals surface area contributed by atoms with E-state index in [-0.39, 0.29) is 0 Å². The molecular weight excluding hydrogens is 346 g/mol. The molecule has 1 unspecified atom stereocenters. The highest BCUT2D eigenvalue weighted by molar-refractivity contribution is 7.85. The first-order valence-corrected chi connectivity index (χ1v) is 9.91. The van der Waals surface area contributed by atoms with Gasteiger partial charge in [0.2, 0.25) is 0 Å². The fourth-order valence-corrected chi connectivity index (χ4v) is 4.34. The van der Waals surface area contributed by atoms with Crippen molar-refractivity contribution in [2.45, 2.75) is 9.79 Å². The van der Waals surface area contributed by atoms with Gasteiger partial charge in [0, 0.05) is 26.9 Å². The molecule has 3 aromatic carbocycles. The Balaban J connectivity index is 1.63. The molecule has 1 atom stereocenters. The van der Waals surface area contributed by atoms with E-state index in [4.69, 9.17) is 0 Å². The highest BCUT2D eigenvalue weighted by atomic mass is 32.2. The van der Waals surface area contributed by atoms with E-state index in [1.165, 1.54) is 0 Å². The summed E-state index contributed by atoms with van der Waals surface area (Å²) in [7, 11) is -1.15. The Bertz CT molecular complexity index is 994. The quantitative estimate of drug-likeness (QED) is 0.470. The number of thiazole rings is 1. The number of rotatable bonds is 4. The van der Waals surface area contributed by atoms with Gasteiger partial charge in [-0.1, -0.05) is 48.5 Å². The standard InChI is InChI=1S/C21H15NOS2/c23-25(19-7-2-1-3-8-19)20-11-9-16(10-12-20)17-5-4-6-18(15-17)21-22-13-14-24-21/h1-15H. The lowest BCUT2D eigenvalue weighted by atomic mass is 10.0. The molecule has 1 heterocycles. The first kappa shape index (κ1) is 15.9. The Labute approximate surface area is 153 Å². The molecule has 0 aliphatic heterocycles. The van der Waals surface area contributed by atoms with Crippen molar-refractivity contribution in [1.29, 1.82) is 0 Å². The lowest BCUT2D eigenvalue weighted by molar-refractivity contribution is 0.683. The van der Waals surface area contributed by atoms with Crippen molar-refractivity contribution in [3.05, 3.63) is 90.4 Å². The molecule has 2 nitrogen and oxygen atoms in total. The number of hydrogen-bond donors (Lipinski definition) is 0. The summed E-state index contributed by atoms with van der Waals surface area (Å²) in [6.07, 6.45) is 1.82. The van der Waals surface area contributed by atoms with Crippen LogP contribution in [0, 0.1) is 0 Å². The van der Waals surface area contributed by atoms with Crippen LogP contribution in [0.1, 0.15) is 0 Å². The predicted octanol–water partition coefficient (Wildman–Crippen LogP) is 5.64. The molecule has 0 spiro atoms. The average Bonchev–Trinajstić information content (AvgIpc) is 3.23. The summed E-state index contributed by atoms with van der Waals surface area (Å²) in [4.78, 5) is 6.00. The second-order valence-electron chi connectivity index (χ2n) is 5.52. The minimum absolute atomic E-state index is 0.811. The molecule has 0 aliphatic rings. The van der Waals surface area contributed by atoms with Gasteiger partial charge < -0.3 is 0 Å². The van der Waals surface area contributed by atoms with Gasteiger partial charge in [0.25, 0.3) is 0 Å². The fourth-order valence-electron chi connectivity index (χ4n) is 2.65. The second kappa shape index (κ2) is 7.13. The van der Waals surface area contributed by atoms with Gasteiger partial charge >= 0.3 is 0 Å². The van der Waals surface area contributed by atoms with Gasteiger partial charge in [-0.3, -0.25) is 0 Å². The van der Waals surface area contributed by atoms with Crippen LogP contribution < -0.4 is 0 Å². The first-order chi connectivity index (χ1) is 12.3. The smallest absolute Gasteiger partial charge is 0.123 e. The van der Waals surface area contributed by atoms with Crippen molar-refractivity contribution in [3.8, 4) is 21.7 Å². The minimum Gasteiger partial charge on any atom is -0.249 e. The molecule has 1 aromatic heterocycles. The number of hydrogen-bond acceptors (Lipinski definition) is 3. The summed E-state index contributed by atoms with van der Waals surface area (Å²) in [6.45, 7) is 0. The molecule has 0 aliphatic carbocycles. The van der Waals surface area contributed by atoms with Crippen LogP contribution in [0.2, 0.25) is 0 Å². The van der Waals surface area contributed by atoms with Crippen molar-refractivity contribution < 1.29 is 4.21 Å². The third kappa shape index (κ3) is 3.45. The maximum atomic E-state index is 12.6. The van der Waals surface area contributed by atoms with Crippen LogP contribution >= 0.6 is 11.3 Å². The van der Waals surface area contributed by atoms with Gasteiger partial charge in [-0.15, -0.1) is 11.3 Å². The third-order valence-corrected chi connectivity index (χ3v) is 6.12. The van der Waals surface area contributed by atoms with Crippen LogP contribution in [0.25, 0.3) is 21.7 Å². The van der Waals surface area contributed by atoms with Crippen LogP contribution in [-0.2, 0) is 10.8 Å². The zero-order valence-electron chi connectivity index (χ0n) is 13.3. The molecule has 4 aromatic rings. The van der Waals surface area contributed by atoms with E-state index in [2.05, 4.69) is 23.2 Å². The van der Waals surface area contributed by atoms with E-state index < -0.39 is 10.8 Å². The molecule has 0 N–H and O–H groups in total. The van der Waals surface area contributed by atoms with Crippen molar-refractivity contribution in [1.82, 2.24) is 4.98 Å². The molecule has 122 valence electrons. The maximum absolute atomic E-state index is 12.6. The molecule has 0 amide bonds. The average molecular weight is 361 g/mol. The summed E-state index contributed by atoms with van der Waals surface area (Å²) in [6, 6.07) is 25.8. The molecule has 0 bridgehead atoms. The van der Waals surface area contributed by atoms with E-state index in [0.29, 0.717) is 0 Å². The molecule has 25 heavy (non-hydrogen) atoms. The highest BCUT2D eigenvalue weighted by Gasteiger charge is 2.08. The van der Waals surface area contributed by atoms with E-state index in [0.717, 1.165) is 31.5 Å². The van der Waals surface area contributed by atoms with Gasteiger partial charge in [0.1, 0.15) is 5.01 Å². The Morgan fingerprint density at radius 1 is 0.720 bits per heavy atom. The molecule has 4 rings (SSSR count). The van der Waals surface area contributed by atoms with Gasteiger partial charge in [-0.05, 0) is 41.5 Å². The zero-order chi connectivity index (χ0) is 17.1. The zero-order valence-corrected chi connectivity index (χ0v) is 15.0. The molecule has 0 saturated carbocycles. The summed E-state index contributed by atoms with van der Waals surface area (Å²) in [5, 5.41) is 3.00. The Hall–Kier alpha value is -2.56.